The van der Waals surface area contributed by atoms with E-state index in [1.54, 1.807) is 6.20 Å². The number of hydrogen-bond acceptors (Lipinski definition) is 6. The van der Waals surface area contributed by atoms with Crippen molar-refractivity contribution < 1.29 is 22.1 Å². The Morgan fingerprint density at radius 2 is 2.16 bits per heavy atom. The number of rotatable bonds is 3. The van der Waals surface area contributed by atoms with Gasteiger partial charge in [-0.25, -0.2) is 0 Å². The monoisotopic (exact) mass is 287 g/mol. The van der Waals surface area contributed by atoms with Crippen molar-refractivity contribution in [1.82, 2.24) is 4.98 Å². The summed E-state index contributed by atoms with van der Waals surface area (Å²) in [5.74, 6) is -0.0682. The Balaban J connectivity index is 2.33. The van der Waals surface area contributed by atoms with Crippen LogP contribution in [-0.2, 0) is 32.3 Å². The summed E-state index contributed by atoms with van der Waals surface area (Å²) in [6.07, 6.45) is 2.60. The fraction of sp³-hybridized carbons (Fsp3) is 0.583. The van der Waals surface area contributed by atoms with E-state index in [1.165, 1.54) is 0 Å². The lowest BCUT2D eigenvalue weighted by Gasteiger charge is -2.34. The van der Waals surface area contributed by atoms with Gasteiger partial charge in [0.15, 0.2) is 0 Å². The number of ether oxygens (including phenoxy) is 2. The highest BCUT2D eigenvalue weighted by atomic mass is 32.2. The largest absolute Gasteiger partial charge is 0.461 e. The van der Waals surface area contributed by atoms with E-state index in [2.05, 4.69) is 4.98 Å². The maximum absolute atomic E-state index is 11.0. The van der Waals surface area contributed by atoms with Gasteiger partial charge in [-0.3, -0.25) is 9.17 Å². The highest BCUT2D eigenvalue weighted by Gasteiger charge is 2.30. The molecule has 0 saturated carbocycles. The topological polar surface area (TPSA) is 74.7 Å². The molecule has 0 radical (unpaired) electrons. The third-order valence-electron chi connectivity index (χ3n) is 2.74. The van der Waals surface area contributed by atoms with Gasteiger partial charge in [-0.15, -0.1) is 0 Å². The molecule has 0 aliphatic carbocycles. The van der Waals surface area contributed by atoms with Gasteiger partial charge >= 0.3 is 0 Å². The molecule has 2 heterocycles. The molecule has 2 rings (SSSR count). The van der Waals surface area contributed by atoms with Crippen LogP contribution in [0, 0.1) is 6.92 Å². The average Bonchev–Trinajstić information content (AvgIpc) is 2.27. The second kappa shape index (κ2) is 4.73. The molecular weight excluding hydrogens is 270 g/mol. The first-order valence-corrected chi connectivity index (χ1v) is 7.64. The third kappa shape index (κ3) is 3.43. The van der Waals surface area contributed by atoms with Crippen molar-refractivity contribution in [3.63, 3.8) is 0 Å². The number of pyridine rings is 1. The molecule has 1 aliphatic heterocycles. The fourth-order valence-corrected chi connectivity index (χ4v) is 2.13. The molecule has 106 valence electrons. The predicted octanol–water partition coefficient (Wildman–Crippen LogP) is 1.51. The zero-order valence-corrected chi connectivity index (χ0v) is 12.2. The molecule has 1 aliphatic rings. The van der Waals surface area contributed by atoms with Crippen molar-refractivity contribution in [3.8, 4) is 5.75 Å². The van der Waals surface area contributed by atoms with Crippen LogP contribution < -0.4 is 4.74 Å². The number of aryl methyl sites for hydroxylation is 1. The zero-order valence-electron chi connectivity index (χ0n) is 11.4. The van der Waals surface area contributed by atoms with Gasteiger partial charge in [-0.2, -0.15) is 8.42 Å². The molecule has 6 nitrogen and oxygen atoms in total. The standard InChI is InChI=1S/C12H17NO5S/c1-8-11-10(7-16-12(2,3)18-11)9(5-13-8)6-17-19(4,14)15/h5H,6-7H2,1-4H3. The quantitative estimate of drug-likeness (QED) is 0.784. The van der Waals surface area contributed by atoms with E-state index in [4.69, 9.17) is 13.7 Å². The predicted molar refractivity (Wildman–Crippen MR) is 68.1 cm³/mol. The van der Waals surface area contributed by atoms with Crippen LogP contribution in [0.25, 0.3) is 0 Å². The van der Waals surface area contributed by atoms with Crippen LogP contribution in [0.3, 0.4) is 0 Å². The Morgan fingerprint density at radius 3 is 2.79 bits per heavy atom. The van der Waals surface area contributed by atoms with Gasteiger partial charge in [-0.1, -0.05) is 0 Å². The summed E-state index contributed by atoms with van der Waals surface area (Å²) in [4.78, 5) is 4.20. The summed E-state index contributed by atoms with van der Waals surface area (Å²) in [6, 6.07) is 0. The zero-order chi connectivity index (χ0) is 14.3. The summed E-state index contributed by atoms with van der Waals surface area (Å²) in [5.41, 5.74) is 2.19. The molecule has 0 spiro atoms. The summed E-state index contributed by atoms with van der Waals surface area (Å²) in [6.45, 7) is 5.74. The lowest BCUT2D eigenvalue weighted by atomic mass is 10.1. The third-order valence-corrected chi connectivity index (χ3v) is 3.29. The van der Waals surface area contributed by atoms with E-state index in [9.17, 15) is 8.42 Å². The minimum Gasteiger partial charge on any atom is -0.461 e. The van der Waals surface area contributed by atoms with Crippen molar-refractivity contribution in [1.29, 1.82) is 0 Å². The second-order valence-corrected chi connectivity index (χ2v) is 6.58. The maximum atomic E-state index is 11.0. The van der Waals surface area contributed by atoms with Gasteiger partial charge in [0.25, 0.3) is 10.1 Å². The van der Waals surface area contributed by atoms with Gasteiger partial charge in [-0.05, 0) is 6.92 Å². The smallest absolute Gasteiger partial charge is 0.264 e. The van der Waals surface area contributed by atoms with Gasteiger partial charge in [0.2, 0.25) is 5.79 Å². The Morgan fingerprint density at radius 1 is 1.47 bits per heavy atom. The van der Waals surface area contributed by atoms with Gasteiger partial charge in [0.05, 0.1) is 25.2 Å². The van der Waals surface area contributed by atoms with Crippen LogP contribution in [0.4, 0.5) is 0 Å². The summed E-state index contributed by atoms with van der Waals surface area (Å²) in [7, 11) is -3.49. The van der Waals surface area contributed by atoms with Gasteiger partial charge < -0.3 is 9.47 Å². The van der Waals surface area contributed by atoms with Crippen LogP contribution >= 0.6 is 0 Å². The molecule has 1 aromatic rings. The van der Waals surface area contributed by atoms with E-state index in [-0.39, 0.29) is 6.61 Å². The van der Waals surface area contributed by atoms with Crippen LogP contribution in [0.5, 0.6) is 5.75 Å². The van der Waals surface area contributed by atoms with Gasteiger partial charge in [0, 0.05) is 31.2 Å². The molecule has 19 heavy (non-hydrogen) atoms. The normalized spacial score (nSPS) is 17.7. The SMILES string of the molecule is Cc1ncc(COS(C)(=O)=O)c2c1OC(C)(C)OC2. The molecule has 7 heteroatoms. The Labute approximate surface area is 112 Å². The number of nitrogens with zero attached hydrogens (tertiary/aromatic N) is 1. The van der Waals surface area contributed by atoms with Crippen molar-refractivity contribution >= 4 is 10.1 Å². The average molecular weight is 287 g/mol. The highest BCUT2D eigenvalue weighted by molar-refractivity contribution is 7.85. The number of aromatic nitrogens is 1. The fourth-order valence-electron chi connectivity index (χ4n) is 1.79. The van der Waals surface area contributed by atoms with E-state index in [0.29, 0.717) is 17.9 Å². The molecule has 0 bridgehead atoms. The first-order chi connectivity index (χ1) is 8.68. The Hall–Kier alpha value is -1.18. The van der Waals surface area contributed by atoms with Crippen molar-refractivity contribution in [2.24, 2.45) is 0 Å². The van der Waals surface area contributed by atoms with Crippen LogP contribution in [0.15, 0.2) is 6.20 Å². The number of fused-ring (bicyclic) bond motifs is 1. The molecule has 0 fully saturated rings. The first kappa shape index (κ1) is 14.2. The minimum atomic E-state index is -3.49. The summed E-state index contributed by atoms with van der Waals surface area (Å²) >= 11 is 0. The van der Waals surface area contributed by atoms with Crippen molar-refractivity contribution in [3.05, 3.63) is 23.0 Å². The van der Waals surface area contributed by atoms with E-state index in [1.807, 2.05) is 20.8 Å². The summed E-state index contributed by atoms with van der Waals surface area (Å²) in [5, 5.41) is 0. The second-order valence-electron chi connectivity index (χ2n) is 4.93. The maximum Gasteiger partial charge on any atom is 0.264 e. The molecule has 0 saturated heterocycles. The van der Waals surface area contributed by atoms with Crippen LogP contribution in [0.1, 0.15) is 30.7 Å². The van der Waals surface area contributed by atoms with Gasteiger partial charge in [0.1, 0.15) is 5.75 Å². The minimum absolute atomic E-state index is 0.0679. The van der Waals surface area contributed by atoms with Crippen molar-refractivity contribution in [2.45, 2.75) is 39.8 Å². The van der Waals surface area contributed by atoms with Crippen LogP contribution in [0.2, 0.25) is 0 Å². The molecule has 1 aromatic heterocycles. The lowest BCUT2D eigenvalue weighted by molar-refractivity contribution is -0.181. The van der Waals surface area contributed by atoms with E-state index >= 15 is 0 Å². The lowest BCUT2D eigenvalue weighted by Crippen LogP contribution is -2.36. The Kier molecular flexibility index (Phi) is 3.55. The molecule has 0 unspecified atom stereocenters. The molecule has 0 N–H and O–H groups in total. The van der Waals surface area contributed by atoms with Crippen LogP contribution in [-0.4, -0.2) is 25.4 Å². The number of hydrogen-bond donors (Lipinski definition) is 0. The van der Waals surface area contributed by atoms with E-state index < -0.39 is 15.9 Å². The first-order valence-electron chi connectivity index (χ1n) is 5.83. The molecular formula is C12H17NO5S. The van der Waals surface area contributed by atoms with Crippen molar-refractivity contribution in [2.75, 3.05) is 6.26 Å². The highest BCUT2D eigenvalue weighted by Crippen LogP contribution is 2.35. The van der Waals surface area contributed by atoms with E-state index in [0.717, 1.165) is 17.5 Å². The molecule has 0 aromatic carbocycles. The molecule has 0 amide bonds. The Bertz CT molecular complexity index is 594. The summed E-state index contributed by atoms with van der Waals surface area (Å²) < 4.78 is 38.2. The molecule has 0 atom stereocenters.